The quantitative estimate of drug-likeness (QED) is 0.590. The highest BCUT2D eigenvalue weighted by molar-refractivity contribution is 7.91. The fraction of sp³-hybridized carbons (Fsp3) is 0.0625. The molecule has 3 rings (SSSR count). The third-order valence-electron chi connectivity index (χ3n) is 3.62. The Hall–Kier alpha value is -2.72. The Morgan fingerprint density at radius 1 is 1.04 bits per heavy atom. The number of alkyl halides is 3. The number of H-pyrrole nitrogens is 1. The maximum Gasteiger partial charge on any atom is 0.416 e. The van der Waals surface area contributed by atoms with Crippen molar-refractivity contribution in [1.82, 2.24) is 10.2 Å². The van der Waals surface area contributed by atoms with Crippen LogP contribution in [-0.4, -0.2) is 18.6 Å². The summed E-state index contributed by atoms with van der Waals surface area (Å²) in [5.74, 6) is -0.346. The van der Waals surface area contributed by atoms with Gasteiger partial charge in [0.2, 0.25) is 9.84 Å². The molecule has 3 aromatic rings. The van der Waals surface area contributed by atoms with Gasteiger partial charge in [-0.2, -0.15) is 18.3 Å². The number of hydrogen-bond acceptors (Lipinski definition) is 5. The van der Waals surface area contributed by atoms with E-state index in [1.54, 1.807) is 0 Å². The lowest BCUT2D eigenvalue weighted by Gasteiger charge is -2.10. The molecule has 0 amide bonds. The molecule has 0 bridgehead atoms. The summed E-state index contributed by atoms with van der Waals surface area (Å²) in [5.41, 5.74) is 5.10. The molecule has 2 aromatic carbocycles. The molecule has 142 valence electrons. The SMILES string of the molecule is Nc1[nH]nc(Nc2ccc(C(F)(F)F)cc2)c1S(=O)(=O)c1ccc(Cl)cc1. The number of halogens is 4. The van der Waals surface area contributed by atoms with E-state index in [-0.39, 0.29) is 27.1 Å². The van der Waals surface area contributed by atoms with E-state index in [1.165, 1.54) is 24.3 Å². The lowest BCUT2D eigenvalue weighted by Crippen LogP contribution is -2.07. The summed E-state index contributed by atoms with van der Waals surface area (Å²) in [7, 11) is -4.05. The maximum atomic E-state index is 12.9. The molecule has 27 heavy (non-hydrogen) atoms. The monoisotopic (exact) mass is 416 g/mol. The van der Waals surface area contributed by atoms with Gasteiger partial charge in [0, 0.05) is 10.7 Å². The Labute approximate surface area is 157 Å². The van der Waals surface area contributed by atoms with Gasteiger partial charge in [-0.3, -0.25) is 5.10 Å². The van der Waals surface area contributed by atoms with Crippen LogP contribution in [-0.2, 0) is 16.0 Å². The van der Waals surface area contributed by atoms with Crippen molar-refractivity contribution in [2.24, 2.45) is 0 Å². The van der Waals surface area contributed by atoms with Gasteiger partial charge in [0.25, 0.3) is 0 Å². The number of aromatic amines is 1. The van der Waals surface area contributed by atoms with Crippen molar-refractivity contribution in [3.05, 3.63) is 59.1 Å². The van der Waals surface area contributed by atoms with Crippen molar-refractivity contribution in [3.63, 3.8) is 0 Å². The minimum atomic E-state index is -4.47. The Morgan fingerprint density at radius 2 is 1.63 bits per heavy atom. The average molecular weight is 417 g/mol. The first kappa shape index (κ1) is 19.1. The lowest BCUT2D eigenvalue weighted by molar-refractivity contribution is -0.137. The first-order valence-electron chi connectivity index (χ1n) is 7.38. The molecule has 0 aliphatic rings. The summed E-state index contributed by atoms with van der Waals surface area (Å²) in [4.78, 5) is -0.375. The molecule has 0 fully saturated rings. The zero-order chi connectivity index (χ0) is 19.8. The molecule has 1 aromatic heterocycles. The summed E-state index contributed by atoms with van der Waals surface area (Å²) in [5, 5.41) is 9.19. The highest BCUT2D eigenvalue weighted by Gasteiger charge is 2.30. The molecule has 0 spiro atoms. The molecule has 0 aliphatic carbocycles. The van der Waals surface area contributed by atoms with Gasteiger partial charge in [0.15, 0.2) is 10.7 Å². The number of aromatic nitrogens is 2. The van der Waals surface area contributed by atoms with E-state index >= 15 is 0 Å². The standard InChI is InChI=1S/C16H12ClF3N4O2S/c17-10-3-7-12(8-4-10)27(25,26)13-14(21)23-24-15(13)22-11-5-1-9(2-6-11)16(18,19)20/h1-8H,(H4,21,22,23,24). The molecule has 4 N–H and O–H groups in total. The third-order valence-corrected chi connectivity index (χ3v) is 5.71. The Kier molecular flexibility index (Phi) is 4.79. The average Bonchev–Trinajstić information content (AvgIpc) is 2.96. The molecule has 0 saturated carbocycles. The fourth-order valence-corrected chi connectivity index (χ4v) is 3.86. The van der Waals surface area contributed by atoms with Gasteiger partial charge in [-0.05, 0) is 48.5 Å². The maximum absolute atomic E-state index is 12.9. The topological polar surface area (TPSA) is 101 Å². The van der Waals surface area contributed by atoms with Crippen LogP contribution in [0.15, 0.2) is 58.3 Å². The number of nitrogens with zero attached hydrogens (tertiary/aromatic N) is 1. The molecule has 0 atom stereocenters. The van der Waals surface area contributed by atoms with Crippen LogP contribution >= 0.6 is 11.6 Å². The van der Waals surface area contributed by atoms with Crippen LogP contribution in [0, 0.1) is 0 Å². The summed E-state index contributed by atoms with van der Waals surface area (Å²) in [6, 6.07) is 9.50. The smallest absolute Gasteiger partial charge is 0.383 e. The molecule has 0 unspecified atom stereocenters. The Balaban J connectivity index is 1.96. The first-order chi connectivity index (χ1) is 12.6. The van der Waals surface area contributed by atoms with E-state index in [9.17, 15) is 21.6 Å². The van der Waals surface area contributed by atoms with Gasteiger partial charge >= 0.3 is 6.18 Å². The summed E-state index contributed by atoms with van der Waals surface area (Å²) >= 11 is 5.77. The van der Waals surface area contributed by atoms with E-state index in [1.807, 2.05) is 0 Å². The second-order valence-corrected chi connectivity index (χ2v) is 7.80. The zero-order valence-electron chi connectivity index (χ0n) is 13.4. The van der Waals surface area contributed by atoms with E-state index in [4.69, 9.17) is 17.3 Å². The zero-order valence-corrected chi connectivity index (χ0v) is 15.0. The highest BCUT2D eigenvalue weighted by Crippen LogP contribution is 2.34. The van der Waals surface area contributed by atoms with Crippen molar-refractivity contribution < 1.29 is 21.6 Å². The predicted octanol–water partition coefficient (Wildman–Crippen LogP) is 4.24. The van der Waals surface area contributed by atoms with Crippen LogP contribution in [0.4, 0.5) is 30.5 Å². The van der Waals surface area contributed by atoms with Crippen molar-refractivity contribution in [1.29, 1.82) is 0 Å². The van der Waals surface area contributed by atoms with Crippen LogP contribution < -0.4 is 11.1 Å². The van der Waals surface area contributed by atoms with E-state index in [2.05, 4.69) is 15.5 Å². The summed E-state index contributed by atoms with van der Waals surface area (Å²) < 4.78 is 63.6. The number of rotatable bonds is 4. The molecule has 1 heterocycles. The van der Waals surface area contributed by atoms with Crippen molar-refractivity contribution >= 4 is 38.8 Å². The van der Waals surface area contributed by atoms with E-state index < -0.39 is 21.6 Å². The molecular formula is C16H12ClF3N4O2S. The number of sulfone groups is 1. The fourth-order valence-electron chi connectivity index (χ4n) is 2.31. The van der Waals surface area contributed by atoms with Crippen LogP contribution in [0.5, 0.6) is 0 Å². The van der Waals surface area contributed by atoms with Gasteiger partial charge in [-0.25, -0.2) is 8.42 Å². The number of benzene rings is 2. The predicted molar refractivity (Wildman–Crippen MR) is 94.6 cm³/mol. The van der Waals surface area contributed by atoms with Gasteiger partial charge in [-0.15, -0.1) is 0 Å². The highest BCUT2D eigenvalue weighted by atomic mass is 35.5. The number of nitrogen functional groups attached to an aromatic ring is 1. The second kappa shape index (κ2) is 6.78. The van der Waals surface area contributed by atoms with Crippen molar-refractivity contribution in [3.8, 4) is 0 Å². The van der Waals surface area contributed by atoms with Crippen LogP contribution in [0.25, 0.3) is 0 Å². The van der Waals surface area contributed by atoms with Gasteiger partial charge in [0.05, 0.1) is 10.5 Å². The Morgan fingerprint density at radius 3 is 2.19 bits per heavy atom. The largest absolute Gasteiger partial charge is 0.416 e. The lowest BCUT2D eigenvalue weighted by atomic mass is 10.2. The molecule has 0 saturated heterocycles. The second-order valence-electron chi connectivity index (χ2n) is 5.47. The Bertz CT molecular complexity index is 1060. The number of anilines is 3. The van der Waals surface area contributed by atoms with E-state index in [0.717, 1.165) is 24.3 Å². The van der Waals surface area contributed by atoms with Crippen LogP contribution in [0.1, 0.15) is 5.56 Å². The number of nitrogens with two attached hydrogens (primary N) is 1. The molecule has 0 aliphatic heterocycles. The minimum absolute atomic E-state index is 0.0598. The summed E-state index contributed by atoms with van der Waals surface area (Å²) in [6.07, 6.45) is -4.47. The molecule has 6 nitrogen and oxygen atoms in total. The molecule has 0 radical (unpaired) electrons. The van der Waals surface area contributed by atoms with Gasteiger partial charge in [0.1, 0.15) is 5.82 Å². The van der Waals surface area contributed by atoms with Crippen LogP contribution in [0.3, 0.4) is 0 Å². The molecular weight excluding hydrogens is 405 g/mol. The van der Waals surface area contributed by atoms with Gasteiger partial charge in [-0.1, -0.05) is 11.6 Å². The first-order valence-corrected chi connectivity index (χ1v) is 9.24. The number of nitrogens with one attached hydrogen (secondary N) is 2. The normalized spacial score (nSPS) is 12.1. The van der Waals surface area contributed by atoms with Crippen molar-refractivity contribution in [2.45, 2.75) is 16.0 Å². The number of hydrogen-bond donors (Lipinski definition) is 3. The third kappa shape index (κ3) is 3.86. The molecule has 11 heteroatoms. The van der Waals surface area contributed by atoms with E-state index in [0.29, 0.717) is 5.02 Å². The van der Waals surface area contributed by atoms with Crippen LogP contribution in [0.2, 0.25) is 5.02 Å². The van der Waals surface area contributed by atoms with Crippen molar-refractivity contribution in [2.75, 3.05) is 11.1 Å². The summed E-state index contributed by atoms with van der Waals surface area (Å²) in [6.45, 7) is 0. The van der Waals surface area contributed by atoms with Gasteiger partial charge < -0.3 is 11.1 Å². The minimum Gasteiger partial charge on any atom is -0.383 e.